The lowest BCUT2D eigenvalue weighted by Gasteiger charge is -2.38. The van der Waals surface area contributed by atoms with Crippen molar-refractivity contribution >= 4 is 11.3 Å². The second kappa shape index (κ2) is 11.0. The summed E-state index contributed by atoms with van der Waals surface area (Å²) in [5, 5.41) is 3.61. The normalized spacial score (nSPS) is 21.8. The molecule has 0 radical (unpaired) electrons. The van der Waals surface area contributed by atoms with Crippen molar-refractivity contribution in [3.8, 4) is 0 Å². The Balaban J connectivity index is 1.45. The summed E-state index contributed by atoms with van der Waals surface area (Å²) in [6, 6.07) is 14.4. The van der Waals surface area contributed by atoms with Gasteiger partial charge in [-0.05, 0) is 57.4 Å². The predicted octanol–water partition coefficient (Wildman–Crippen LogP) is 5.75. The zero-order valence-electron chi connectivity index (χ0n) is 20.5. The predicted molar refractivity (Wildman–Crippen MR) is 135 cm³/mol. The van der Waals surface area contributed by atoms with Gasteiger partial charge < -0.3 is 14.8 Å². The maximum absolute atomic E-state index is 16.3. The van der Waals surface area contributed by atoms with Gasteiger partial charge in [0.05, 0.1) is 18.8 Å². The topological polar surface area (TPSA) is 46.6 Å². The van der Waals surface area contributed by atoms with Crippen LogP contribution in [0.1, 0.15) is 44.4 Å². The molecule has 1 atom stereocenters. The molecule has 1 aromatic heterocycles. The van der Waals surface area contributed by atoms with E-state index >= 15 is 4.39 Å². The lowest BCUT2D eigenvalue weighted by atomic mass is 9.86. The van der Waals surface area contributed by atoms with Crippen LogP contribution in [0.2, 0.25) is 0 Å². The summed E-state index contributed by atoms with van der Waals surface area (Å²) < 4.78 is 28.3. The number of benzene rings is 1. The average molecular weight is 466 g/mol. The number of piperidine rings is 1. The third-order valence-electron chi connectivity index (χ3n) is 6.39. The first-order valence-electron chi connectivity index (χ1n) is 12.4. The molecular formula is C28H36FN3O2. The van der Waals surface area contributed by atoms with E-state index in [9.17, 15) is 0 Å². The van der Waals surface area contributed by atoms with Crippen molar-refractivity contribution in [1.29, 1.82) is 0 Å². The summed E-state index contributed by atoms with van der Waals surface area (Å²) in [5.41, 5.74) is 2.43. The number of aryl methyl sites for hydroxylation is 1. The number of likely N-dealkylation sites (tertiary alicyclic amines) is 1. The molecule has 1 fully saturated rings. The number of allylic oxidation sites excluding steroid dienone is 2. The lowest BCUT2D eigenvalue weighted by molar-refractivity contribution is 0.0874. The fourth-order valence-corrected chi connectivity index (χ4v) is 4.91. The van der Waals surface area contributed by atoms with Crippen LogP contribution in [-0.4, -0.2) is 54.4 Å². The van der Waals surface area contributed by atoms with Gasteiger partial charge in [-0.2, -0.15) is 0 Å². The monoisotopic (exact) mass is 465 g/mol. The Morgan fingerprint density at radius 3 is 2.50 bits per heavy atom. The molecule has 2 aliphatic rings. The molecule has 1 saturated heterocycles. The molecular weight excluding hydrogens is 429 g/mol. The van der Waals surface area contributed by atoms with Crippen LogP contribution < -0.4 is 5.32 Å². The molecule has 1 N–H and O–H groups in total. The highest BCUT2D eigenvalue weighted by molar-refractivity contribution is 5.80. The van der Waals surface area contributed by atoms with Gasteiger partial charge >= 0.3 is 0 Å². The van der Waals surface area contributed by atoms with Gasteiger partial charge in [-0.25, -0.2) is 4.39 Å². The minimum Gasteiger partial charge on any atom is -0.497 e. The van der Waals surface area contributed by atoms with E-state index in [-0.39, 0.29) is 6.42 Å². The number of nitrogens with one attached hydrogen (secondary N) is 1. The van der Waals surface area contributed by atoms with Gasteiger partial charge in [0, 0.05) is 49.7 Å². The van der Waals surface area contributed by atoms with E-state index < -0.39 is 5.67 Å². The summed E-state index contributed by atoms with van der Waals surface area (Å²) in [5.74, 6) is 1.25. The van der Waals surface area contributed by atoms with Crippen molar-refractivity contribution in [3.05, 3.63) is 77.5 Å². The molecule has 0 amide bonds. The van der Waals surface area contributed by atoms with Gasteiger partial charge in [0.15, 0.2) is 5.67 Å². The van der Waals surface area contributed by atoms with Gasteiger partial charge in [-0.3, -0.25) is 9.88 Å². The Bertz CT molecular complexity index is 1020. The van der Waals surface area contributed by atoms with Crippen LogP contribution in [0.15, 0.2) is 66.3 Å². The van der Waals surface area contributed by atoms with E-state index in [2.05, 4.69) is 21.3 Å². The third kappa shape index (κ3) is 5.98. The maximum atomic E-state index is 16.3. The van der Waals surface area contributed by atoms with Crippen LogP contribution in [0, 0.1) is 6.92 Å². The number of anilines is 1. The van der Waals surface area contributed by atoms with Crippen molar-refractivity contribution in [2.75, 3.05) is 38.2 Å². The van der Waals surface area contributed by atoms with E-state index in [1.807, 2.05) is 63.4 Å². The Hall–Kier alpha value is -2.86. The summed E-state index contributed by atoms with van der Waals surface area (Å²) in [4.78, 5) is 6.49. The number of halogens is 1. The first kappa shape index (κ1) is 24.3. The summed E-state index contributed by atoms with van der Waals surface area (Å²) in [7, 11) is 0. The molecule has 1 aliphatic carbocycles. The van der Waals surface area contributed by atoms with Gasteiger partial charge in [0.25, 0.3) is 0 Å². The standard InChI is InChI=1S/C28H36FN3O2/c1-4-33-25-18-28(29,19-26(34-5-2)27(25)22-9-7-6-8-10-22)20-32-15-12-23(13-16-32)31-24-11-14-30-21(3)17-24/h6-11,14,17-18,23H,4-5,12-13,15-16,19-20H2,1-3H3,(H,30,31). The Kier molecular flexibility index (Phi) is 7.88. The molecule has 5 nitrogen and oxygen atoms in total. The molecule has 34 heavy (non-hydrogen) atoms. The quantitative estimate of drug-likeness (QED) is 0.511. The number of rotatable bonds is 9. The molecule has 1 aliphatic heterocycles. The number of ether oxygens (including phenoxy) is 2. The number of alkyl halides is 1. The minimum absolute atomic E-state index is 0.218. The average Bonchev–Trinajstić information content (AvgIpc) is 2.81. The summed E-state index contributed by atoms with van der Waals surface area (Å²) in [6.45, 7) is 8.88. The zero-order chi connectivity index (χ0) is 24.0. The molecule has 6 heteroatoms. The molecule has 1 aromatic carbocycles. The minimum atomic E-state index is -1.53. The molecule has 2 aromatic rings. The molecule has 0 saturated carbocycles. The van der Waals surface area contributed by atoms with E-state index in [4.69, 9.17) is 9.47 Å². The first-order chi connectivity index (χ1) is 16.5. The van der Waals surface area contributed by atoms with Crippen LogP contribution >= 0.6 is 0 Å². The van der Waals surface area contributed by atoms with Crippen LogP contribution in [0.4, 0.5) is 10.1 Å². The highest BCUT2D eigenvalue weighted by Gasteiger charge is 2.39. The van der Waals surface area contributed by atoms with Crippen molar-refractivity contribution < 1.29 is 13.9 Å². The molecule has 182 valence electrons. The van der Waals surface area contributed by atoms with Gasteiger partial charge in [-0.1, -0.05) is 30.3 Å². The van der Waals surface area contributed by atoms with Crippen molar-refractivity contribution in [1.82, 2.24) is 9.88 Å². The van der Waals surface area contributed by atoms with E-state index in [0.29, 0.717) is 37.3 Å². The van der Waals surface area contributed by atoms with Crippen molar-refractivity contribution in [3.63, 3.8) is 0 Å². The zero-order valence-corrected chi connectivity index (χ0v) is 20.5. The van der Waals surface area contributed by atoms with Crippen molar-refractivity contribution in [2.24, 2.45) is 0 Å². The molecule has 1 unspecified atom stereocenters. The van der Waals surface area contributed by atoms with Crippen LogP contribution in [-0.2, 0) is 9.47 Å². The number of pyridine rings is 1. The lowest BCUT2D eigenvalue weighted by Crippen LogP contribution is -2.46. The molecule has 0 spiro atoms. The van der Waals surface area contributed by atoms with Crippen molar-refractivity contribution in [2.45, 2.75) is 51.7 Å². The number of hydrogen-bond donors (Lipinski definition) is 1. The number of hydrogen-bond acceptors (Lipinski definition) is 5. The Labute approximate surface area is 202 Å². The molecule has 4 rings (SSSR count). The second-order valence-corrected chi connectivity index (χ2v) is 9.13. The van der Waals surface area contributed by atoms with Crippen LogP contribution in [0.3, 0.4) is 0 Å². The first-order valence-corrected chi connectivity index (χ1v) is 12.4. The van der Waals surface area contributed by atoms with Gasteiger partial charge in [-0.15, -0.1) is 0 Å². The summed E-state index contributed by atoms with van der Waals surface area (Å²) in [6.07, 6.45) is 5.69. The van der Waals surface area contributed by atoms with E-state index in [0.717, 1.165) is 48.4 Å². The number of nitrogens with zero attached hydrogens (tertiary/aromatic N) is 2. The molecule has 2 heterocycles. The van der Waals surface area contributed by atoms with Gasteiger partial charge in [0.2, 0.25) is 0 Å². The Morgan fingerprint density at radius 2 is 1.82 bits per heavy atom. The fraction of sp³-hybridized carbons (Fsp3) is 0.464. The smallest absolute Gasteiger partial charge is 0.152 e. The largest absolute Gasteiger partial charge is 0.497 e. The Morgan fingerprint density at radius 1 is 1.09 bits per heavy atom. The fourth-order valence-electron chi connectivity index (χ4n) is 4.91. The highest BCUT2D eigenvalue weighted by Crippen LogP contribution is 2.41. The summed E-state index contributed by atoms with van der Waals surface area (Å²) >= 11 is 0. The van der Waals surface area contributed by atoms with Crippen LogP contribution in [0.25, 0.3) is 5.57 Å². The van der Waals surface area contributed by atoms with Crippen LogP contribution in [0.5, 0.6) is 0 Å². The highest BCUT2D eigenvalue weighted by atomic mass is 19.1. The molecule has 0 bridgehead atoms. The van der Waals surface area contributed by atoms with E-state index in [1.165, 1.54) is 0 Å². The SMILES string of the molecule is CCOC1=CC(F)(CN2CCC(Nc3ccnc(C)c3)CC2)CC(OCC)=C1c1ccccc1. The van der Waals surface area contributed by atoms with E-state index in [1.54, 1.807) is 6.08 Å². The van der Waals surface area contributed by atoms with Gasteiger partial charge in [0.1, 0.15) is 11.5 Å². The number of aromatic nitrogens is 1. The maximum Gasteiger partial charge on any atom is 0.152 e. The third-order valence-corrected chi connectivity index (χ3v) is 6.39. The second-order valence-electron chi connectivity index (χ2n) is 9.13.